The van der Waals surface area contributed by atoms with Gasteiger partial charge in [0.15, 0.2) is 6.10 Å². The van der Waals surface area contributed by atoms with Crippen molar-refractivity contribution >= 4 is 12.0 Å². The molecule has 0 aliphatic carbocycles. The summed E-state index contributed by atoms with van der Waals surface area (Å²) in [5.41, 5.74) is 0. The van der Waals surface area contributed by atoms with Crippen molar-refractivity contribution in [2.45, 2.75) is 38.3 Å². The summed E-state index contributed by atoms with van der Waals surface area (Å²) < 4.78 is 0. The van der Waals surface area contributed by atoms with E-state index in [9.17, 15) is 9.59 Å². The van der Waals surface area contributed by atoms with E-state index in [0.29, 0.717) is 12.6 Å². The Kier molecular flexibility index (Phi) is 6.58. The van der Waals surface area contributed by atoms with Crippen LogP contribution < -0.4 is 10.6 Å². The summed E-state index contributed by atoms with van der Waals surface area (Å²) in [7, 11) is 0. The summed E-state index contributed by atoms with van der Waals surface area (Å²) in [6, 6.07) is 0.0703. The van der Waals surface area contributed by atoms with Gasteiger partial charge in [0.05, 0.1) is 0 Å². The third-order valence-corrected chi connectivity index (χ3v) is 3.39. The van der Waals surface area contributed by atoms with Crippen LogP contribution in [0.4, 0.5) is 4.79 Å². The van der Waals surface area contributed by atoms with Gasteiger partial charge in [-0.1, -0.05) is 6.92 Å². The lowest BCUT2D eigenvalue weighted by molar-refractivity contribution is -0.146. The quantitative estimate of drug-likeness (QED) is 0.506. The van der Waals surface area contributed by atoms with Crippen LogP contribution >= 0.6 is 0 Å². The van der Waals surface area contributed by atoms with Gasteiger partial charge in [0.25, 0.3) is 0 Å². The predicted molar refractivity (Wildman–Crippen MR) is 69.9 cm³/mol. The van der Waals surface area contributed by atoms with Crippen LogP contribution in [0.3, 0.4) is 0 Å². The molecule has 7 nitrogen and oxygen atoms in total. The molecule has 0 saturated carbocycles. The molecule has 2 atom stereocenters. The molecule has 19 heavy (non-hydrogen) atoms. The first-order valence-electron chi connectivity index (χ1n) is 6.71. The number of carboxylic acid groups (broad SMARTS) is 1. The average Bonchev–Trinajstić information content (AvgIpc) is 2.83. The molecule has 2 unspecified atom stereocenters. The zero-order valence-corrected chi connectivity index (χ0v) is 11.3. The van der Waals surface area contributed by atoms with E-state index in [4.69, 9.17) is 10.2 Å². The molecule has 2 amide bonds. The second-order valence-electron chi connectivity index (χ2n) is 4.70. The van der Waals surface area contributed by atoms with Crippen molar-refractivity contribution < 1.29 is 19.8 Å². The molecule has 0 spiro atoms. The van der Waals surface area contributed by atoms with E-state index in [1.807, 2.05) is 0 Å². The first kappa shape index (κ1) is 15.7. The topological polar surface area (TPSA) is 102 Å². The molecule has 7 heteroatoms. The van der Waals surface area contributed by atoms with Crippen molar-refractivity contribution in [2.75, 3.05) is 26.2 Å². The monoisotopic (exact) mass is 273 g/mol. The SMILES string of the molecule is CCN1CCCC1CNC(=O)NCCC(O)C(=O)O. The van der Waals surface area contributed by atoms with Crippen LogP contribution in [0.15, 0.2) is 0 Å². The number of hydrogen-bond donors (Lipinski definition) is 4. The van der Waals surface area contributed by atoms with Gasteiger partial charge in [-0.3, -0.25) is 4.90 Å². The summed E-state index contributed by atoms with van der Waals surface area (Å²) in [6.45, 7) is 4.91. The first-order valence-corrected chi connectivity index (χ1v) is 6.71. The van der Waals surface area contributed by atoms with Crippen LogP contribution in [0.25, 0.3) is 0 Å². The van der Waals surface area contributed by atoms with Gasteiger partial charge in [-0.05, 0) is 25.9 Å². The Labute approximate surface area is 113 Å². The Balaban J connectivity index is 2.12. The zero-order chi connectivity index (χ0) is 14.3. The van der Waals surface area contributed by atoms with Crippen molar-refractivity contribution in [1.29, 1.82) is 0 Å². The smallest absolute Gasteiger partial charge is 0.332 e. The van der Waals surface area contributed by atoms with Crippen LogP contribution in [0.5, 0.6) is 0 Å². The molecular weight excluding hydrogens is 250 g/mol. The van der Waals surface area contributed by atoms with Crippen LogP contribution in [-0.2, 0) is 4.79 Å². The zero-order valence-electron chi connectivity index (χ0n) is 11.3. The number of amides is 2. The lowest BCUT2D eigenvalue weighted by Gasteiger charge is -2.22. The second-order valence-corrected chi connectivity index (χ2v) is 4.70. The highest BCUT2D eigenvalue weighted by atomic mass is 16.4. The summed E-state index contributed by atoms with van der Waals surface area (Å²) in [5.74, 6) is -1.27. The number of hydrogen-bond acceptors (Lipinski definition) is 4. The fraction of sp³-hybridized carbons (Fsp3) is 0.833. The number of carboxylic acids is 1. The number of aliphatic hydroxyl groups excluding tert-OH is 1. The molecule has 0 radical (unpaired) electrons. The van der Waals surface area contributed by atoms with Gasteiger partial charge in [-0.25, -0.2) is 9.59 Å². The fourth-order valence-electron chi connectivity index (χ4n) is 2.26. The van der Waals surface area contributed by atoms with Crippen LogP contribution in [0.1, 0.15) is 26.2 Å². The van der Waals surface area contributed by atoms with Gasteiger partial charge in [0.1, 0.15) is 0 Å². The number of rotatable bonds is 7. The molecule has 1 saturated heterocycles. The summed E-state index contributed by atoms with van der Waals surface area (Å²) >= 11 is 0. The Hall–Kier alpha value is -1.34. The van der Waals surface area contributed by atoms with E-state index in [1.54, 1.807) is 0 Å². The van der Waals surface area contributed by atoms with Gasteiger partial charge in [0, 0.05) is 25.6 Å². The molecule has 0 aromatic heterocycles. The van der Waals surface area contributed by atoms with E-state index < -0.39 is 12.1 Å². The highest BCUT2D eigenvalue weighted by Crippen LogP contribution is 2.15. The molecule has 1 heterocycles. The Bertz CT molecular complexity index is 311. The van der Waals surface area contributed by atoms with Gasteiger partial charge < -0.3 is 20.8 Å². The van der Waals surface area contributed by atoms with Crippen molar-refractivity contribution in [3.63, 3.8) is 0 Å². The molecule has 0 bridgehead atoms. The lowest BCUT2D eigenvalue weighted by Crippen LogP contribution is -2.44. The van der Waals surface area contributed by atoms with E-state index in [2.05, 4.69) is 22.5 Å². The van der Waals surface area contributed by atoms with Crippen LogP contribution in [-0.4, -0.2) is 65.4 Å². The first-order chi connectivity index (χ1) is 9.04. The molecule has 110 valence electrons. The Morgan fingerprint density at radius 3 is 2.79 bits per heavy atom. The number of carbonyl (C=O) groups is 2. The molecule has 0 aromatic rings. The third-order valence-electron chi connectivity index (χ3n) is 3.39. The fourth-order valence-corrected chi connectivity index (χ4v) is 2.26. The number of aliphatic carboxylic acids is 1. The molecule has 4 N–H and O–H groups in total. The van der Waals surface area contributed by atoms with E-state index in [0.717, 1.165) is 25.9 Å². The number of carbonyl (C=O) groups excluding carboxylic acids is 1. The maximum Gasteiger partial charge on any atom is 0.332 e. The molecular formula is C12H23N3O4. The van der Waals surface area contributed by atoms with E-state index in [-0.39, 0.29) is 19.0 Å². The number of nitrogens with one attached hydrogen (secondary N) is 2. The minimum atomic E-state index is -1.43. The van der Waals surface area contributed by atoms with Gasteiger partial charge in [-0.15, -0.1) is 0 Å². The molecule has 1 fully saturated rings. The van der Waals surface area contributed by atoms with Crippen molar-refractivity contribution in [3.8, 4) is 0 Å². The number of likely N-dealkylation sites (N-methyl/N-ethyl adjacent to an activating group) is 1. The van der Waals surface area contributed by atoms with Crippen LogP contribution in [0, 0.1) is 0 Å². The van der Waals surface area contributed by atoms with Gasteiger partial charge in [0.2, 0.25) is 0 Å². The van der Waals surface area contributed by atoms with Crippen molar-refractivity contribution in [1.82, 2.24) is 15.5 Å². The average molecular weight is 273 g/mol. The number of nitrogens with zero attached hydrogens (tertiary/aromatic N) is 1. The number of urea groups is 1. The summed E-state index contributed by atoms with van der Waals surface area (Å²) in [5, 5.41) is 22.8. The summed E-state index contributed by atoms with van der Waals surface area (Å²) in [6.07, 6.45) is 0.830. The minimum Gasteiger partial charge on any atom is -0.479 e. The summed E-state index contributed by atoms with van der Waals surface area (Å²) in [4.78, 5) is 24.2. The molecule has 1 rings (SSSR count). The van der Waals surface area contributed by atoms with E-state index in [1.165, 1.54) is 0 Å². The third kappa shape index (κ3) is 5.44. The van der Waals surface area contributed by atoms with Crippen molar-refractivity contribution in [2.24, 2.45) is 0 Å². The normalized spacial score (nSPS) is 21.1. The second kappa shape index (κ2) is 7.96. The maximum atomic E-state index is 11.5. The van der Waals surface area contributed by atoms with Gasteiger partial charge >= 0.3 is 12.0 Å². The van der Waals surface area contributed by atoms with Gasteiger partial charge in [-0.2, -0.15) is 0 Å². The molecule has 1 aliphatic rings. The highest BCUT2D eigenvalue weighted by molar-refractivity contribution is 5.74. The van der Waals surface area contributed by atoms with Crippen LogP contribution in [0.2, 0.25) is 0 Å². The molecule has 1 aliphatic heterocycles. The highest BCUT2D eigenvalue weighted by Gasteiger charge is 2.23. The molecule has 0 aromatic carbocycles. The maximum absolute atomic E-state index is 11.5. The minimum absolute atomic E-state index is 0.00721. The predicted octanol–water partition coefficient (Wildman–Crippen LogP) is -0.394. The van der Waals surface area contributed by atoms with E-state index >= 15 is 0 Å². The number of aliphatic hydroxyl groups is 1. The van der Waals surface area contributed by atoms with Crippen molar-refractivity contribution in [3.05, 3.63) is 0 Å². The number of likely N-dealkylation sites (tertiary alicyclic amines) is 1. The largest absolute Gasteiger partial charge is 0.479 e. The standard InChI is InChI=1S/C12H23N3O4/c1-2-15-7-3-4-9(15)8-14-12(19)13-6-5-10(16)11(17)18/h9-10,16H,2-8H2,1H3,(H,17,18)(H2,13,14,19). The Morgan fingerprint density at radius 2 is 2.16 bits per heavy atom. The lowest BCUT2D eigenvalue weighted by atomic mass is 10.2. The Morgan fingerprint density at radius 1 is 1.42 bits per heavy atom.